The van der Waals surface area contributed by atoms with E-state index < -0.39 is 0 Å². The highest BCUT2D eigenvalue weighted by Gasteiger charge is 2.29. The van der Waals surface area contributed by atoms with Crippen molar-refractivity contribution in [3.8, 4) is 0 Å². The molecule has 2 aromatic rings. The van der Waals surface area contributed by atoms with Gasteiger partial charge in [-0.15, -0.1) is 0 Å². The maximum Gasteiger partial charge on any atom is 0.317 e. The molecule has 1 aliphatic heterocycles. The number of carbonyl (C=O) groups is 1. The van der Waals surface area contributed by atoms with Crippen LogP contribution in [-0.4, -0.2) is 24.0 Å². The van der Waals surface area contributed by atoms with Crippen molar-refractivity contribution in [3.05, 3.63) is 58.3 Å². The molecule has 1 aliphatic rings. The summed E-state index contributed by atoms with van der Waals surface area (Å²) in [6.45, 7) is 3.80. The molecule has 23 heavy (non-hydrogen) atoms. The molecule has 3 rings (SSSR count). The standard InChI is InChI=1S/C19H24N2OS/c1-15(16-6-3-2-4-7-16)9-11-20-19(22)21-12-5-8-18(21)17-10-13-23-14-17/h2-4,6-7,10,13-15,18H,5,8-9,11-12H2,1H3,(H,20,22). The van der Waals surface area contributed by atoms with Gasteiger partial charge in [-0.2, -0.15) is 11.3 Å². The molecule has 2 heterocycles. The molecular formula is C19H24N2OS. The molecule has 1 N–H and O–H groups in total. The van der Waals surface area contributed by atoms with Crippen LogP contribution >= 0.6 is 11.3 Å². The molecule has 1 saturated heterocycles. The van der Waals surface area contributed by atoms with E-state index in [9.17, 15) is 4.79 Å². The highest BCUT2D eigenvalue weighted by Crippen LogP contribution is 2.32. The fraction of sp³-hybridized carbons (Fsp3) is 0.421. The number of amides is 2. The Labute approximate surface area is 142 Å². The molecule has 0 bridgehead atoms. The summed E-state index contributed by atoms with van der Waals surface area (Å²) in [6, 6.07) is 13.0. The van der Waals surface area contributed by atoms with E-state index in [1.165, 1.54) is 11.1 Å². The molecule has 0 spiro atoms. The Morgan fingerprint density at radius 3 is 2.91 bits per heavy atom. The fourth-order valence-corrected chi connectivity index (χ4v) is 3.97. The van der Waals surface area contributed by atoms with Crippen LogP contribution in [0.25, 0.3) is 0 Å². The molecule has 2 amide bonds. The lowest BCUT2D eigenvalue weighted by Crippen LogP contribution is -2.40. The van der Waals surface area contributed by atoms with Gasteiger partial charge < -0.3 is 10.2 Å². The summed E-state index contributed by atoms with van der Waals surface area (Å²) in [7, 11) is 0. The molecule has 1 aromatic carbocycles. The molecule has 1 fully saturated rings. The topological polar surface area (TPSA) is 32.3 Å². The summed E-state index contributed by atoms with van der Waals surface area (Å²) in [6.07, 6.45) is 3.13. The van der Waals surface area contributed by atoms with E-state index in [0.717, 1.165) is 32.4 Å². The van der Waals surface area contributed by atoms with Gasteiger partial charge in [0, 0.05) is 13.1 Å². The van der Waals surface area contributed by atoms with Crippen LogP contribution in [0.5, 0.6) is 0 Å². The van der Waals surface area contributed by atoms with Gasteiger partial charge in [0.2, 0.25) is 0 Å². The summed E-state index contributed by atoms with van der Waals surface area (Å²) in [5.74, 6) is 0.461. The van der Waals surface area contributed by atoms with Gasteiger partial charge in [-0.25, -0.2) is 4.79 Å². The van der Waals surface area contributed by atoms with E-state index >= 15 is 0 Å². The van der Waals surface area contributed by atoms with Gasteiger partial charge in [0.15, 0.2) is 0 Å². The zero-order valence-corrected chi connectivity index (χ0v) is 14.4. The van der Waals surface area contributed by atoms with Crippen LogP contribution in [-0.2, 0) is 0 Å². The van der Waals surface area contributed by atoms with Gasteiger partial charge in [-0.05, 0) is 53.1 Å². The average Bonchev–Trinajstić information content (AvgIpc) is 3.26. The highest BCUT2D eigenvalue weighted by atomic mass is 32.1. The van der Waals surface area contributed by atoms with E-state index in [1.54, 1.807) is 11.3 Å². The molecular weight excluding hydrogens is 304 g/mol. The van der Waals surface area contributed by atoms with Crippen molar-refractivity contribution in [1.29, 1.82) is 0 Å². The molecule has 4 heteroatoms. The Morgan fingerprint density at radius 2 is 2.17 bits per heavy atom. The second kappa shape index (κ2) is 7.64. The molecule has 0 aliphatic carbocycles. The largest absolute Gasteiger partial charge is 0.338 e. The highest BCUT2D eigenvalue weighted by molar-refractivity contribution is 7.07. The van der Waals surface area contributed by atoms with Crippen LogP contribution in [0.1, 0.15) is 49.3 Å². The monoisotopic (exact) mass is 328 g/mol. The Morgan fingerprint density at radius 1 is 1.35 bits per heavy atom. The number of nitrogens with zero attached hydrogens (tertiary/aromatic N) is 1. The first-order valence-corrected chi connectivity index (χ1v) is 9.31. The maximum atomic E-state index is 12.5. The Balaban J connectivity index is 1.49. The first kappa shape index (κ1) is 16.1. The van der Waals surface area contributed by atoms with Crippen LogP contribution in [0.3, 0.4) is 0 Å². The fourth-order valence-electron chi connectivity index (χ4n) is 3.27. The number of benzene rings is 1. The van der Waals surface area contributed by atoms with Crippen LogP contribution < -0.4 is 5.32 Å². The predicted octanol–water partition coefficient (Wildman–Crippen LogP) is 4.79. The lowest BCUT2D eigenvalue weighted by Gasteiger charge is -2.25. The van der Waals surface area contributed by atoms with E-state index in [-0.39, 0.29) is 12.1 Å². The smallest absolute Gasteiger partial charge is 0.317 e. The predicted molar refractivity (Wildman–Crippen MR) is 95.9 cm³/mol. The van der Waals surface area contributed by atoms with Crippen molar-refractivity contribution in [2.24, 2.45) is 0 Å². The number of thiophene rings is 1. The van der Waals surface area contributed by atoms with Gasteiger partial charge in [0.05, 0.1) is 6.04 Å². The van der Waals surface area contributed by atoms with Crippen molar-refractivity contribution in [2.45, 2.75) is 38.1 Å². The van der Waals surface area contributed by atoms with Crippen LogP contribution in [0.15, 0.2) is 47.2 Å². The summed E-state index contributed by atoms with van der Waals surface area (Å²) in [5, 5.41) is 7.36. The van der Waals surface area contributed by atoms with Crippen molar-refractivity contribution in [1.82, 2.24) is 10.2 Å². The third-order valence-electron chi connectivity index (χ3n) is 4.66. The maximum absolute atomic E-state index is 12.5. The minimum atomic E-state index is 0.0824. The van der Waals surface area contributed by atoms with Gasteiger partial charge in [0.25, 0.3) is 0 Å². The van der Waals surface area contributed by atoms with E-state index in [0.29, 0.717) is 5.92 Å². The molecule has 0 radical (unpaired) electrons. The summed E-state index contributed by atoms with van der Waals surface area (Å²) < 4.78 is 0. The lowest BCUT2D eigenvalue weighted by molar-refractivity contribution is 0.193. The second-order valence-corrected chi connectivity index (χ2v) is 7.02. The molecule has 122 valence electrons. The minimum absolute atomic E-state index is 0.0824. The van der Waals surface area contributed by atoms with Crippen LogP contribution in [0.4, 0.5) is 4.79 Å². The number of hydrogen-bond donors (Lipinski definition) is 1. The molecule has 1 aromatic heterocycles. The molecule has 0 saturated carbocycles. The van der Waals surface area contributed by atoms with Crippen molar-refractivity contribution >= 4 is 17.4 Å². The molecule has 2 unspecified atom stereocenters. The summed E-state index contributed by atoms with van der Waals surface area (Å²) in [4.78, 5) is 14.5. The first-order valence-electron chi connectivity index (χ1n) is 8.37. The van der Waals surface area contributed by atoms with E-state index in [1.807, 2.05) is 11.0 Å². The second-order valence-electron chi connectivity index (χ2n) is 6.24. The average molecular weight is 328 g/mol. The van der Waals surface area contributed by atoms with Gasteiger partial charge in [-0.3, -0.25) is 0 Å². The van der Waals surface area contributed by atoms with Gasteiger partial charge in [0.1, 0.15) is 0 Å². The number of rotatable bonds is 5. The number of likely N-dealkylation sites (tertiary alicyclic amines) is 1. The summed E-state index contributed by atoms with van der Waals surface area (Å²) in [5.41, 5.74) is 2.61. The van der Waals surface area contributed by atoms with E-state index in [4.69, 9.17) is 0 Å². The van der Waals surface area contributed by atoms with Gasteiger partial charge >= 0.3 is 6.03 Å². The molecule has 2 atom stereocenters. The normalized spacial score (nSPS) is 18.8. The zero-order valence-electron chi connectivity index (χ0n) is 13.6. The van der Waals surface area contributed by atoms with Gasteiger partial charge in [-0.1, -0.05) is 37.3 Å². The number of carbonyl (C=O) groups excluding carboxylic acids is 1. The lowest BCUT2D eigenvalue weighted by atomic mass is 9.98. The Kier molecular flexibility index (Phi) is 5.34. The molecule has 3 nitrogen and oxygen atoms in total. The Hall–Kier alpha value is -1.81. The number of urea groups is 1. The van der Waals surface area contributed by atoms with Crippen molar-refractivity contribution in [2.75, 3.05) is 13.1 Å². The number of hydrogen-bond acceptors (Lipinski definition) is 2. The third kappa shape index (κ3) is 3.94. The summed E-state index contributed by atoms with van der Waals surface area (Å²) >= 11 is 1.70. The Bertz CT molecular complexity index is 612. The van der Waals surface area contributed by atoms with E-state index in [2.05, 4.69) is 53.3 Å². The third-order valence-corrected chi connectivity index (χ3v) is 5.37. The van der Waals surface area contributed by atoms with Crippen LogP contribution in [0.2, 0.25) is 0 Å². The zero-order chi connectivity index (χ0) is 16.1. The quantitative estimate of drug-likeness (QED) is 0.841. The van der Waals surface area contributed by atoms with Crippen molar-refractivity contribution < 1.29 is 4.79 Å². The first-order chi connectivity index (χ1) is 11.3. The SMILES string of the molecule is CC(CCNC(=O)N1CCCC1c1ccsc1)c1ccccc1. The minimum Gasteiger partial charge on any atom is -0.338 e. The number of nitrogens with one attached hydrogen (secondary N) is 1. The van der Waals surface area contributed by atoms with Crippen molar-refractivity contribution in [3.63, 3.8) is 0 Å². The van der Waals surface area contributed by atoms with Crippen LogP contribution in [0, 0.1) is 0 Å².